The van der Waals surface area contributed by atoms with Gasteiger partial charge >= 0.3 is 0 Å². The molecule has 1 aliphatic rings. The first-order valence-electron chi connectivity index (χ1n) is 7.46. The lowest BCUT2D eigenvalue weighted by Crippen LogP contribution is -2.44. The van der Waals surface area contributed by atoms with E-state index in [0.717, 1.165) is 4.47 Å². The van der Waals surface area contributed by atoms with Gasteiger partial charge in [-0.05, 0) is 36.6 Å². The van der Waals surface area contributed by atoms with Gasteiger partial charge in [-0.1, -0.05) is 39.7 Å². The molecular weight excluding hydrogens is 399 g/mol. The van der Waals surface area contributed by atoms with Crippen molar-refractivity contribution in [1.82, 2.24) is 10.3 Å². The zero-order valence-electron chi connectivity index (χ0n) is 12.6. The van der Waals surface area contributed by atoms with Crippen molar-refractivity contribution in [2.75, 3.05) is 0 Å². The van der Waals surface area contributed by atoms with E-state index in [0.29, 0.717) is 10.6 Å². The minimum atomic E-state index is -2.20. The quantitative estimate of drug-likeness (QED) is 0.804. The van der Waals surface area contributed by atoms with E-state index in [1.807, 2.05) is 0 Å². The van der Waals surface area contributed by atoms with Gasteiger partial charge in [-0.15, -0.1) is 0 Å². The summed E-state index contributed by atoms with van der Waals surface area (Å²) in [6, 6.07) is 8.33. The van der Waals surface area contributed by atoms with Gasteiger partial charge in [0.15, 0.2) is 0 Å². The highest BCUT2D eigenvalue weighted by molar-refractivity contribution is 9.10. The molecule has 1 aromatic heterocycles. The molecule has 126 valence electrons. The molecule has 4 nitrogen and oxygen atoms in total. The minimum Gasteiger partial charge on any atom is -0.387 e. The van der Waals surface area contributed by atoms with Crippen LogP contribution in [0.4, 0.5) is 4.39 Å². The van der Waals surface area contributed by atoms with E-state index in [4.69, 9.17) is 11.6 Å². The number of alkyl halides is 1. The van der Waals surface area contributed by atoms with Crippen LogP contribution in [0.15, 0.2) is 41.0 Å². The number of aromatic nitrogens is 1. The van der Waals surface area contributed by atoms with Crippen LogP contribution in [0.25, 0.3) is 0 Å². The average molecular weight is 414 g/mol. The Balaban J connectivity index is 1.81. The molecule has 0 saturated carbocycles. The van der Waals surface area contributed by atoms with E-state index >= 15 is 4.39 Å². The lowest BCUT2D eigenvalue weighted by atomic mass is 9.81. The Kier molecular flexibility index (Phi) is 4.90. The maximum Gasteiger partial charge on any atom is 0.262 e. The van der Waals surface area contributed by atoms with Crippen LogP contribution in [0.2, 0.25) is 5.02 Å². The number of amides is 1. The Bertz CT molecular complexity index is 789. The van der Waals surface area contributed by atoms with Gasteiger partial charge in [0.2, 0.25) is 5.67 Å². The summed E-state index contributed by atoms with van der Waals surface area (Å²) in [6.45, 7) is 0.120. The largest absolute Gasteiger partial charge is 0.387 e. The third-order valence-electron chi connectivity index (χ3n) is 4.16. The molecule has 1 amide bonds. The second-order valence-corrected chi connectivity index (χ2v) is 7.03. The molecule has 2 atom stereocenters. The molecule has 0 radical (unpaired) electrons. The van der Waals surface area contributed by atoms with E-state index < -0.39 is 17.7 Å². The normalized spacial score (nSPS) is 22.8. The Morgan fingerprint density at radius 1 is 1.50 bits per heavy atom. The number of carbonyl (C=O) groups is 1. The predicted molar refractivity (Wildman–Crippen MR) is 92.2 cm³/mol. The molecule has 1 heterocycles. The van der Waals surface area contributed by atoms with E-state index in [-0.39, 0.29) is 30.6 Å². The molecule has 0 unspecified atom stereocenters. The topological polar surface area (TPSA) is 62.2 Å². The van der Waals surface area contributed by atoms with Crippen molar-refractivity contribution in [3.63, 3.8) is 0 Å². The summed E-state index contributed by atoms with van der Waals surface area (Å²) >= 11 is 9.42. The number of hydrogen-bond acceptors (Lipinski definition) is 3. The van der Waals surface area contributed by atoms with Crippen LogP contribution in [0.3, 0.4) is 0 Å². The maximum atomic E-state index is 15.4. The Hall–Kier alpha value is -1.50. The summed E-state index contributed by atoms with van der Waals surface area (Å²) in [5, 5.41) is 13.0. The number of carbonyl (C=O) groups excluding carboxylic acids is 1. The SMILES string of the molecule is O=C(NCc1ccc(Br)cc1Cl)[C@]1(F)CC[C@H](O)c2ncccc21. The molecule has 7 heteroatoms. The lowest BCUT2D eigenvalue weighted by Gasteiger charge is -2.32. The second kappa shape index (κ2) is 6.78. The van der Waals surface area contributed by atoms with Gasteiger partial charge in [0.25, 0.3) is 5.91 Å². The summed E-state index contributed by atoms with van der Waals surface area (Å²) in [5.41, 5.74) is -1.16. The zero-order valence-corrected chi connectivity index (χ0v) is 14.9. The van der Waals surface area contributed by atoms with Gasteiger partial charge in [0.05, 0.1) is 11.8 Å². The molecule has 0 aliphatic heterocycles. The molecule has 24 heavy (non-hydrogen) atoms. The maximum absolute atomic E-state index is 15.4. The first kappa shape index (κ1) is 17.3. The monoisotopic (exact) mass is 412 g/mol. The Labute approximate surface area is 152 Å². The highest BCUT2D eigenvalue weighted by atomic mass is 79.9. The average Bonchev–Trinajstić information content (AvgIpc) is 2.57. The molecule has 2 aromatic rings. The lowest BCUT2D eigenvalue weighted by molar-refractivity contribution is -0.135. The van der Waals surface area contributed by atoms with Gasteiger partial charge in [-0.2, -0.15) is 0 Å². The van der Waals surface area contributed by atoms with Crippen LogP contribution < -0.4 is 5.32 Å². The third-order valence-corrected chi connectivity index (χ3v) is 5.00. The molecule has 2 N–H and O–H groups in total. The van der Waals surface area contributed by atoms with Crippen molar-refractivity contribution in [3.05, 3.63) is 62.8 Å². The molecule has 0 fully saturated rings. The zero-order chi connectivity index (χ0) is 17.3. The smallest absolute Gasteiger partial charge is 0.262 e. The van der Waals surface area contributed by atoms with Crippen molar-refractivity contribution in [2.24, 2.45) is 0 Å². The fourth-order valence-corrected chi connectivity index (χ4v) is 3.58. The second-order valence-electron chi connectivity index (χ2n) is 5.71. The van der Waals surface area contributed by atoms with E-state index in [2.05, 4.69) is 26.2 Å². The van der Waals surface area contributed by atoms with Crippen molar-refractivity contribution in [1.29, 1.82) is 0 Å². The number of aliphatic hydroxyl groups excluding tert-OH is 1. The number of nitrogens with zero attached hydrogens (tertiary/aromatic N) is 1. The Morgan fingerprint density at radius 3 is 3.04 bits per heavy atom. The third kappa shape index (κ3) is 3.18. The van der Waals surface area contributed by atoms with Crippen molar-refractivity contribution in [3.8, 4) is 0 Å². The minimum absolute atomic E-state index is 0.0905. The van der Waals surface area contributed by atoms with E-state index in [1.165, 1.54) is 12.3 Å². The van der Waals surface area contributed by atoms with Gasteiger partial charge in [0.1, 0.15) is 0 Å². The number of aliphatic hydroxyl groups is 1. The first-order chi connectivity index (χ1) is 11.4. The van der Waals surface area contributed by atoms with Crippen molar-refractivity contribution < 1.29 is 14.3 Å². The molecule has 0 bridgehead atoms. The first-order valence-corrected chi connectivity index (χ1v) is 8.63. The van der Waals surface area contributed by atoms with Crippen LogP contribution in [-0.2, 0) is 17.0 Å². The summed E-state index contributed by atoms with van der Waals surface area (Å²) in [7, 11) is 0. The van der Waals surface area contributed by atoms with Crippen LogP contribution in [-0.4, -0.2) is 16.0 Å². The Morgan fingerprint density at radius 2 is 2.29 bits per heavy atom. The van der Waals surface area contributed by atoms with Crippen LogP contribution >= 0.6 is 27.5 Å². The summed E-state index contributed by atoms with van der Waals surface area (Å²) in [5.74, 6) is -0.748. The number of benzene rings is 1. The van der Waals surface area contributed by atoms with Gasteiger partial charge in [0, 0.05) is 27.8 Å². The van der Waals surface area contributed by atoms with Crippen LogP contribution in [0, 0.1) is 0 Å². The highest BCUT2D eigenvalue weighted by Crippen LogP contribution is 2.42. The van der Waals surface area contributed by atoms with Crippen LogP contribution in [0.5, 0.6) is 0 Å². The standard InChI is InChI=1S/C17H15BrClFN2O2/c18-11-4-3-10(13(19)8-11)9-22-16(24)17(20)6-5-14(23)15-12(17)2-1-7-21-15/h1-4,7-8,14,23H,5-6,9H2,(H,22,24)/t14-,17-/m0/s1. The number of nitrogens with one attached hydrogen (secondary N) is 1. The molecule has 0 spiro atoms. The number of halogens is 3. The highest BCUT2D eigenvalue weighted by Gasteiger charge is 2.46. The van der Waals surface area contributed by atoms with Crippen molar-refractivity contribution in [2.45, 2.75) is 31.2 Å². The fraction of sp³-hybridized carbons (Fsp3) is 0.294. The fourth-order valence-electron chi connectivity index (χ4n) is 2.84. The molecule has 0 saturated heterocycles. The number of hydrogen-bond donors (Lipinski definition) is 2. The van der Waals surface area contributed by atoms with Crippen LogP contribution in [0.1, 0.15) is 35.8 Å². The summed E-state index contributed by atoms with van der Waals surface area (Å²) in [4.78, 5) is 16.5. The summed E-state index contributed by atoms with van der Waals surface area (Å²) < 4.78 is 16.2. The predicted octanol–water partition coefficient (Wildman–Crippen LogP) is 3.81. The van der Waals surface area contributed by atoms with Crippen molar-refractivity contribution >= 4 is 33.4 Å². The van der Waals surface area contributed by atoms with Gasteiger partial charge < -0.3 is 10.4 Å². The van der Waals surface area contributed by atoms with Gasteiger partial charge in [-0.3, -0.25) is 9.78 Å². The molecule has 3 rings (SSSR count). The number of rotatable bonds is 3. The summed E-state index contributed by atoms with van der Waals surface area (Å²) in [6.07, 6.45) is 0.686. The number of fused-ring (bicyclic) bond motifs is 1. The molecule has 1 aromatic carbocycles. The number of pyridine rings is 1. The molecule has 1 aliphatic carbocycles. The van der Waals surface area contributed by atoms with E-state index in [9.17, 15) is 9.90 Å². The molecular formula is C17H15BrClFN2O2. The van der Waals surface area contributed by atoms with Gasteiger partial charge in [-0.25, -0.2) is 4.39 Å². The van der Waals surface area contributed by atoms with E-state index in [1.54, 1.807) is 24.3 Å².